The van der Waals surface area contributed by atoms with Gasteiger partial charge in [-0.2, -0.15) is 5.10 Å². The van der Waals surface area contributed by atoms with E-state index in [9.17, 15) is 24.5 Å². The minimum absolute atomic E-state index is 0.0215. The molecule has 0 unspecified atom stereocenters. The predicted molar refractivity (Wildman–Crippen MR) is 119 cm³/mol. The molecule has 1 aromatic heterocycles. The van der Waals surface area contributed by atoms with Gasteiger partial charge in [-0.05, 0) is 18.6 Å². The number of fused-ring (bicyclic) bond motifs is 1. The molecule has 10 nitrogen and oxygen atoms in total. The molecule has 32 heavy (non-hydrogen) atoms. The van der Waals surface area contributed by atoms with E-state index in [2.05, 4.69) is 16.0 Å². The highest BCUT2D eigenvalue weighted by Crippen LogP contribution is 2.22. The molecule has 0 aliphatic rings. The molecule has 2 N–H and O–H groups in total. The number of benzene rings is 2. The van der Waals surface area contributed by atoms with Crippen molar-refractivity contribution in [2.45, 2.75) is 32.7 Å². The molecule has 11 heteroatoms. The van der Waals surface area contributed by atoms with Crippen LogP contribution in [0.5, 0.6) is 0 Å². The van der Waals surface area contributed by atoms with Crippen molar-refractivity contribution >= 4 is 39.9 Å². The summed E-state index contributed by atoms with van der Waals surface area (Å²) in [5.74, 6) is -1.49. The number of unbranched alkanes of at least 4 members (excludes halogenated alkanes) is 2. The van der Waals surface area contributed by atoms with Crippen molar-refractivity contribution in [2.24, 2.45) is 0 Å². The van der Waals surface area contributed by atoms with Gasteiger partial charge in [-0.25, -0.2) is 4.68 Å². The zero-order valence-electron chi connectivity index (χ0n) is 17.1. The van der Waals surface area contributed by atoms with E-state index in [1.165, 1.54) is 10.7 Å². The SMILES string of the molecule is CCCCCn1nc(C(=O)NNC(=O)c2ccc([N+](=O)[O-])cc2Cl)c2ccccc2c1=O. The van der Waals surface area contributed by atoms with Crippen molar-refractivity contribution in [1.29, 1.82) is 0 Å². The third-order valence-corrected chi connectivity index (χ3v) is 5.07. The number of carbonyl (C=O) groups is 2. The van der Waals surface area contributed by atoms with Crippen LogP contribution in [-0.4, -0.2) is 26.5 Å². The number of hydrogen-bond donors (Lipinski definition) is 2. The number of amides is 2. The van der Waals surface area contributed by atoms with Gasteiger partial charge in [-0.3, -0.25) is 35.3 Å². The van der Waals surface area contributed by atoms with Crippen LogP contribution in [0.4, 0.5) is 5.69 Å². The van der Waals surface area contributed by atoms with Crippen LogP contribution in [0, 0.1) is 10.1 Å². The number of nitrogens with zero attached hydrogens (tertiary/aromatic N) is 3. The smallest absolute Gasteiger partial charge is 0.267 e. The number of hydrogen-bond acceptors (Lipinski definition) is 6. The number of nitro groups is 1. The Kier molecular flexibility index (Phi) is 7.16. The minimum atomic E-state index is -0.765. The third-order valence-electron chi connectivity index (χ3n) is 4.75. The standard InChI is InChI=1S/C21H20ClN5O5/c1-2-3-6-11-26-21(30)15-8-5-4-7-14(15)18(25-26)20(29)24-23-19(28)16-10-9-13(27(31)32)12-17(16)22/h4-5,7-10,12H,2-3,6,11H2,1H3,(H,23,28)(H,24,29). The monoisotopic (exact) mass is 457 g/mol. The second kappa shape index (κ2) is 10.0. The molecular weight excluding hydrogens is 438 g/mol. The first-order chi connectivity index (χ1) is 15.3. The summed E-state index contributed by atoms with van der Waals surface area (Å²) >= 11 is 5.95. The zero-order valence-corrected chi connectivity index (χ0v) is 17.9. The molecule has 0 atom stereocenters. The fourth-order valence-electron chi connectivity index (χ4n) is 3.11. The van der Waals surface area contributed by atoms with Gasteiger partial charge in [0.05, 0.1) is 20.9 Å². The van der Waals surface area contributed by atoms with Crippen LogP contribution in [0.25, 0.3) is 10.8 Å². The number of rotatable bonds is 7. The molecule has 0 fully saturated rings. The first-order valence-electron chi connectivity index (χ1n) is 9.88. The zero-order chi connectivity index (χ0) is 23.3. The number of aromatic nitrogens is 2. The van der Waals surface area contributed by atoms with E-state index in [0.717, 1.165) is 31.4 Å². The Labute approximate surface area is 187 Å². The van der Waals surface area contributed by atoms with E-state index in [1.807, 2.05) is 6.92 Å². The van der Waals surface area contributed by atoms with Crippen LogP contribution >= 0.6 is 11.6 Å². The Morgan fingerprint density at radius 1 is 1.09 bits per heavy atom. The normalized spacial score (nSPS) is 10.7. The van der Waals surface area contributed by atoms with Crippen molar-refractivity contribution < 1.29 is 14.5 Å². The Morgan fingerprint density at radius 3 is 2.44 bits per heavy atom. The quantitative estimate of drug-likeness (QED) is 0.317. The molecule has 0 aliphatic heterocycles. The maximum atomic E-state index is 12.8. The molecule has 2 aromatic carbocycles. The maximum absolute atomic E-state index is 12.8. The number of nitro benzene ring substituents is 1. The lowest BCUT2D eigenvalue weighted by Gasteiger charge is -2.12. The van der Waals surface area contributed by atoms with Gasteiger partial charge in [0.15, 0.2) is 5.69 Å². The summed E-state index contributed by atoms with van der Waals surface area (Å²) in [7, 11) is 0. The van der Waals surface area contributed by atoms with Gasteiger partial charge in [0.1, 0.15) is 0 Å². The van der Waals surface area contributed by atoms with E-state index < -0.39 is 16.7 Å². The number of carbonyl (C=O) groups excluding carboxylic acids is 2. The fraction of sp³-hybridized carbons (Fsp3) is 0.238. The van der Waals surface area contributed by atoms with Crippen molar-refractivity contribution in [3.8, 4) is 0 Å². The molecule has 1 heterocycles. The molecule has 0 aliphatic carbocycles. The highest BCUT2D eigenvalue weighted by Gasteiger charge is 2.19. The molecule has 0 saturated carbocycles. The van der Waals surface area contributed by atoms with E-state index in [1.54, 1.807) is 24.3 Å². The van der Waals surface area contributed by atoms with Crippen LogP contribution in [0.2, 0.25) is 5.02 Å². The second-order valence-electron chi connectivity index (χ2n) is 6.96. The van der Waals surface area contributed by atoms with Gasteiger partial charge in [0.2, 0.25) is 0 Å². The highest BCUT2D eigenvalue weighted by molar-refractivity contribution is 6.34. The van der Waals surface area contributed by atoms with Crippen molar-refractivity contribution in [2.75, 3.05) is 0 Å². The molecular formula is C21H20ClN5O5. The van der Waals surface area contributed by atoms with Crippen LogP contribution < -0.4 is 16.4 Å². The maximum Gasteiger partial charge on any atom is 0.290 e. The lowest BCUT2D eigenvalue weighted by atomic mass is 10.1. The third kappa shape index (κ3) is 4.92. The molecule has 0 spiro atoms. The van der Waals surface area contributed by atoms with E-state index in [0.29, 0.717) is 17.3 Å². The Hall–Kier alpha value is -3.79. The molecule has 0 radical (unpaired) electrons. The summed E-state index contributed by atoms with van der Waals surface area (Å²) in [5.41, 5.74) is 3.84. The lowest BCUT2D eigenvalue weighted by Crippen LogP contribution is -2.43. The molecule has 166 valence electrons. The van der Waals surface area contributed by atoms with Crippen molar-refractivity contribution in [1.82, 2.24) is 20.6 Å². The number of non-ortho nitro benzene ring substituents is 1. The summed E-state index contributed by atoms with van der Waals surface area (Å²) < 4.78 is 1.25. The van der Waals surface area contributed by atoms with Crippen LogP contribution in [0.3, 0.4) is 0 Å². The molecule has 3 rings (SSSR count). The number of hydrazine groups is 1. The Morgan fingerprint density at radius 2 is 1.78 bits per heavy atom. The van der Waals surface area contributed by atoms with Gasteiger partial charge in [-0.15, -0.1) is 0 Å². The first-order valence-corrected chi connectivity index (χ1v) is 10.3. The van der Waals surface area contributed by atoms with Gasteiger partial charge in [0.25, 0.3) is 23.1 Å². The van der Waals surface area contributed by atoms with Crippen molar-refractivity contribution in [3.05, 3.63) is 79.2 Å². The van der Waals surface area contributed by atoms with E-state index in [4.69, 9.17) is 11.6 Å². The predicted octanol–water partition coefficient (Wildman–Crippen LogP) is 3.22. The topological polar surface area (TPSA) is 136 Å². The second-order valence-corrected chi connectivity index (χ2v) is 7.37. The number of halogens is 1. The summed E-state index contributed by atoms with van der Waals surface area (Å²) in [6, 6.07) is 9.94. The largest absolute Gasteiger partial charge is 0.290 e. The van der Waals surface area contributed by atoms with Crippen LogP contribution in [0.15, 0.2) is 47.3 Å². The summed E-state index contributed by atoms with van der Waals surface area (Å²) in [6.07, 6.45) is 2.61. The average molecular weight is 458 g/mol. The minimum Gasteiger partial charge on any atom is -0.267 e. The van der Waals surface area contributed by atoms with Gasteiger partial charge >= 0.3 is 0 Å². The van der Waals surface area contributed by atoms with E-state index in [-0.39, 0.29) is 27.5 Å². The average Bonchev–Trinajstić information content (AvgIpc) is 2.78. The van der Waals surface area contributed by atoms with E-state index >= 15 is 0 Å². The van der Waals surface area contributed by atoms with Crippen LogP contribution in [0.1, 0.15) is 47.0 Å². The Balaban J connectivity index is 1.83. The molecule has 2 amide bonds. The molecule has 3 aromatic rings. The Bertz CT molecular complexity index is 1260. The number of nitrogens with one attached hydrogen (secondary N) is 2. The summed E-state index contributed by atoms with van der Waals surface area (Å²) in [4.78, 5) is 48.0. The van der Waals surface area contributed by atoms with Gasteiger partial charge in [-0.1, -0.05) is 49.6 Å². The summed E-state index contributed by atoms with van der Waals surface area (Å²) in [5, 5.41) is 15.6. The van der Waals surface area contributed by atoms with Crippen molar-refractivity contribution in [3.63, 3.8) is 0 Å². The highest BCUT2D eigenvalue weighted by atomic mass is 35.5. The fourth-order valence-corrected chi connectivity index (χ4v) is 3.37. The molecule has 0 bridgehead atoms. The van der Waals surface area contributed by atoms with Crippen LogP contribution in [-0.2, 0) is 6.54 Å². The molecule has 0 saturated heterocycles. The number of aryl methyl sites for hydroxylation is 1. The van der Waals surface area contributed by atoms with Gasteiger partial charge < -0.3 is 0 Å². The first kappa shape index (κ1) is 22.9. The lowest BCUT2D eigenvalue weighted by molar-refractivity contribution is -0.384. The van der Waals surface area contributed by atoms with Gasteiger partial charge in [0, 0.05) is 24.1 Å². The summed E-state index contributed by atoms with van der Waals surface area (Å²) in [6.45, 7) is 2.40.